The fraction of sp³-hybridized carbons (Fsp3) is 0.273. The highest BCUT2D eigenvalue weighted by Crippen LogP contribution is 2.21. The lowest BCUT2D eigenvalue weighted by molar-refractivity contribution is 1.21. The Hall–Kier alpha value is -2.08. The third kappa shape index (κ3) is 4.46. The van der Waals surface area contributed by atoms with Crippen LogP contribution in [0.3, 0.4) is 0 Å². The van der Waals surface area contributed by atoms with Gasteiger partial charge < -0.3 is 0 Å². The number of hydrogen-bond acceptors (Lipinski definition) is 0. The van der Waals surface area contributed by atoms with Gasteiger partial charge in [-0.25, -0.2) is 0 Å². The zero-order chi connectivity index (χ0) is 15.9. The van der Waals surface area contributed by atoms with E-state index in [1.165, 1.54) is 33.4 Å². The van der Waals surface area contributed by atoms with Gasteiger partial charge in [-0.05, 0) is 55.9 Å². The second-order valence-electron chi connectivity index (χ2n) is 5.94. The molecule has 2 aromatic carbocycles. The van der Waals surface area contributed by atoms with Crippen LogP contribution in [0.1, 0.15) is 48.9 Å². The van der Waals surface area contributed by atoms with Gasteiger partial charge in [0.1, 0.15) is 0 Å². The zero-order valence-electron chi connectivity index (χ0n) is 14.2. The van der Waals surface area contributed by atoms with Crippen LogP contribution < -0.4 is 0 Å². The van der Waals surface area contributed by atoms with E-state index in [1.807, 2.05) is 0 Å². The minimum atomic E-state index is 0.983. The predicted octanol–water partition coefficient (Wildman–Crippen LogP) is 6.59. The smallest absolute Gasteiger partial charge is 0.0157 e. The zero-order valence-corrected chi connectivity index (χ0v) is 14.2. The summed E-state index contributed by atoms with van der Waals surface area (Å²) in [5.74, 6) is 0. The molecule has 0 saturated heterocycles. The van der Waals surface area contributed by atoms with Gasteiger partial charge in [0, 0.05) is 0 Å². The largest absolute Gasteiger partial charge is 0.0772 e. The van der Waals surface area contributed by atoms with E-state index in [0.717, 1.165) is 12.8 Å². The normalized spacial score (nSPS) is 12.5. The summed E-state index contributed by atoms with van der Waals surface area (Å²) < 4.78 is 0. The second kappa shape index (κ2) is 7.79. The fourth-order valence-corrected chi connectivity index (χ4v) is 2.55. The Morgan fingerprint density at radius 1 is 0.773 bits per heavy atom. The van der Waals surface area contributed by atoms with Crippen molar-refractivity contribution in [3.63, 3.8) is 0 Å². The van der Waals surface area contributed by atoms with Crippen molar-refractivity contribution in [3.05, 3.63) is 82.9 Å². The van der Waals surface area contributed by atoms with Crippen LogP contribution in [0.4, 0.5) is 0 Å². The van der Waals surface area contributed by atoms with Crippen LogP contribution in [0, 0.1) is 13.8 Å². The molecule has 0 fully saturated rings. The average molecular weight is 290 g/mol. The molecule has 0 unspecified atom stereocenters. The molecule has 2 aromatic rings. The molecule has 22 heavy (non-hydrogen) atoms. The van der Waals surface area contributed by atoms with Crippen molar-refractivity contribution in [1.29, 1.82) is 0 Å². The summed E-state index contributed by atoms with van der Waals surface area (Å²) in [6, 6.07) is 17.6. The Morgan fingerprint density at radius 2 is 1.27 bits per heavy atom. The monoisotopic (exact) mass is 290 g/mol. The Kier molecular flexibility index (Phi) is 5.77. The van der Waals surface area contributed by atoms with Crippen LogP contribution >= 0.6 is 0 Å². The number of rotatable bonds is 5. The molecule has 0 amide bonds. The van der Waals surface area contributed by atoms with Gasteiger partial charge in [0.15, 0.2) is 0 Å². The molecule has 0 heterocycles. The van der Waals surface area contributed by atoms with E-state index in [2.05, 4.69) is 88.4 Å². The predicted molar refractivity (Wildman–Crippen MR) is 98.9 cm³/mol. The van der Waals surface area contributed by atoms with Gasteiger partial charge >= 0.3 is 0 Å². The first-order chi connectivity index (χ1) is 10.6. The molecule has 0 saturated carbocycles. The number of aryl methyl sites for hydroxylation is 2. The van der Waals surface area contributed by atoms with E-state index in [0.29, 0.717) is 0 Å². The summed E-state index contributed by atoms with van der Waals surface area (Å²) in [4.78, 5) is 0. The van der Waals surface area contributed by atoms with E-state index < -0.39 is 0 Å². The first-order valence-corrected chi connectivity index (χ1v) is 8.10. The van der Waals surface area contributed by atoms with Crippen LogP contribution in [0.5, 0.6) is 0 Å². The van der Waals surface area contributed by atoms with E-state index in [9.17, 15) is 0 Å². The third-order valence-electron chi connectivity index (χ3n) is 4.10. The van der Waals surface area contributed by atoms with Crippen LogP contribution in [0.15, 0.2) is 60.7 Å². The summed E-state index contributed by atoms with van der Waals surface area (Å²) in [5, 5.41) is 0. The molecule has 0 bridgehead atoms. The van der Waals surface area contributed by atoms with Gasteiger partial charge in [0.2, 0.25) is 0 Å². The first kappa shape index (κ1) is 16.3. The maximum Gasteiger partial charge on any atom is -0.0157 e. The molecule has 0 aliphatic carbocycles. The van der Waals surface area contributed by atoms with Crippen LogP contribution in [0.2, 0.25) is 0 Å². The Bertz CT molecular complexity index is 652. The van der Waals surface area contributed by atoms with Crippen molar-refractivity contribution in [1.82, 2.24) is 0 Å². The van der Waals surface area contributed by atoms with Crippen LogP contribution in [0.25, 0.3) is 11.1 Å². The minimum Gasteiger partial charge on any atom is -0.0772 e. The molecule has 114 valence electrons. The van der Waals surface area contributed by atoms with Gasteiger partial charge in [-0.1, -0.05) is 78.7 Å². The third-order valence-corrected chi connectivity index (χ3v) is 4.10. The number of allylic oxidation sites excluding steroid dienone is 4. The number of hydrogen-bond donors (Lipinski definition) is 0. The van der Waals surface area contributed by atoms with Gasteiger partial charge in [-0.15, -0.1) is 0 Å². The molecule has 0 spiro atoms. The van der Waals surface area contributed by atoms with Gasteiger partial charge in [0.25, 0.3) is 0 Å². The summed E-state index contributed by atoms with van der Waals surface area (Å²) in [7, 11) is 0. The van der Waals surface area contributed by atoms with Gasteiger partial charge in [-0.3, -0.25) is 0 Å². The molecule has 0 aliphatic heterocycles. The molecule has 0 aromatic heterocycles. The second-order valence-corrected chi connectivity index (χ2v) is 5.94. The van der Waals surface area contributed by atoms with Crippen molar-refractivity contribution < 1.29 is 0 Å². The van der Waals surface area contributed by atoms with E-state index in [4.69, 9.17) is 0 Å². The SMILES string of the molecule is CC/C(=C/C/C=C(/C)c1ccc(C)cc1)c1ccc(C)cc1. The maximum atomic E-state index is 2.35. The average Bonchev–Trinajstić information content (AvgIpc) is 2.53. The molecule has 0 N–H and O–H groups in total. The highest BCUT2D eigenvalue weighted by molar-refractivity contribution is 5.67. The van der Waals surface area contributed by atoms with E-state index in [-0.39, 0.29) is 0 Å². The van der Waals surface area contributed by atoms with Gasteiger partial charge in [0.05, 0.1) is 0 Å². The molecule has 2 rings (SSSR count). The van der Waals surface area contributed by atoms with Crippen molar-refractivity contribution in [2.24, 2.45) is 0 Å². The van der Waals surface area contributed by atoms with Crippen molar-refractivity contribution in [2.45, 2.75) is 40.5 Å². The first-order valence-electron chi connectivity index (χ1n) is 8.10. The van der Waals surface area contributed by atoms with Crippen molar-refractivity contribution >= 4 is 11.1 Å². The molecule has 0 atom stereocenters. The summed E-state index contributed by atoms with van der Waals surface area (Å²) in [5.41, 5.74) is 8.05. The fourth-order valence-electron chi connectivity index (χ4n) is 2.55. The quantitative estimate of drug-likeness (QED) is 0.582. The van der Waals surface area contributed by atoms with Crippen molar-refractivity contribution in [3.8, 4) is 0 Å². The molecule has 0 nitrogen and oxygen atoms in total. The standard InChI is InChI=1S/C22H26/c1-5-20(22-15-11-18(3)12-16-22)8-6-7-19(4)21-13-9-17(2)10-14-21/h7-16H,5-6H2,1-4H3/b19-7-,20-8-. The lowest BCUT2D eigenvalue weighted by Gasteiger charge is -2.06. The summed E-state index contributed by atoms with van der Waals surface area (Å²) >= 11 is 0. The highest BCUT2D eigenvalue weighted by Gasteiger charge is 1.99. The van der Waals surface area contributed by atoms with E-state index in [1.54, 1.807) is 0 Å². The van der Waals surface area contributed by atoms with Crippen molar-refractivity contribution in [2.75, 3.05) is 0 Å². The summed E-state index contributed by atoms with van der Waals surface area (Å²) in [6.07, 6.45) is 6.72. The topological polar surface area (TPSA) is 0 Å². The highest BCUT2D eigenvalue weighted by atomic mass is 14.0. The number of benzene rings is 2. The maximum absolute atomic E-state index is 2.35. The Balaban J connectivity index is 2.10. The van der Waals surface area contributed by atoms with Crippen LogP contribution in [-0.4, -0.2) is 0 Å². The summed E-state index contributed by atoms with van der Waals surface area (Å²) in [6.45, 7) is 8.67. The molecule has 0 aliphatic rings. The lowest BCUT2D eigenvalue weighted by atomic mass is 10.00. The van der Waals surface area contributed by atoms with Crippen LogP contribution in [-0.2, 0) is 0 Å². The Labute approximate surface area is 135 Å². The molecule has 0 heteroatoms. The minimum absolute atomic E-state index is 0.983. The molecular weight excluding hydrogens is 264 g/mol. The Morgan fingerprint density at radius 3 is 1.77 bits per heavy atom. The lowest BCUT2D eigenvalue weighted by Crippen LogP contribution is -1.84. The van der Waals surface area contributed by atoms with E-state index >= 15 is 0 Å². The van der Waals surface area contributed by atoms with Gasteiger partial charge in [-0.2, -0.15) is 0 Å². The molecule has 0 radical (unpaired) electrons. The molecular formula is C22H26.